The number of nitrogens with zero attached hydrogens (tertiary/aromatic N) is 2. The maximum absolute atomic E-state index is 5.91. The van der Waals surface area contributed by atoms with Crippen LogP contribution in [-0.2, 0) is 0 Å². The number of fused-ring (bicyclic) bond motifs is 1. The van der Waals surface area contributed by atoms with E-state index in [1.165, 1.54) is 6.39 Å². The topological polar surface area (TPSA) is 31.0 Å². The lowest BCUT2D eigenvalue weighted by Gasteiger charge is -1.99. The fourth-order valence-corrected chi connectivity index (χ4v) is 1.82. The highest BCUT2D eigenvalue weighted by Crippen LogP contribution is 2.24. The van der Waals surface area contributed by atoms with Gasteiger partial charge in [0.1, 0.15) is 0 Å². The minimum absolute atomic E-state index is 0.372. The normalized spacial score (nSPS) is 11.0. The van der Waals surface area contributed by atoms with Gasteiger partial charge in [-0.25, -0.2) is 4.98 Å². The fourth-order valence-electron chi connectivity index (χ4n) is 1.64. The molecule has 0 radical (unpaired) electrons. The average molecular weight is 219 g/mol. The van der Waals surface area contributed by atoms with Crippen molar-refractivity contribution in [2.45, 2.75) is 0 Å². The summed E-state index contributed by atoms with van der Waals surface area (Å²) in [5, 5.41) is 1.52. The van der Waals surface area contributed by atoms with Crippen LogP contribution in [0.2, 0.25) is 5.15 Å². The smallest absolute Gasteiger partial charge is 0.243 e. The Bertz CT molecular complexity index is 612. The number of hydrogen-bond donors (Lipinski definition) is 0. The zero-order chi connectivity index (χ0) is 10.3. The fraction of sp³-hybridized carbons (Fsp3) is 0. The second kappa shape index (κ2) is 3.14. The molecule has 0 bridgehead atoms. The van der Waals surface area contributed by atoms with E-state index in [-0.39, 0.29) is 0 Å². The van der Waals surface area contributed by atoms with E-state index in [4.69, 9.17) is 16.0 Å². The van der Waals surface area contributed by atoms with Crippen LogP contribution in [0.3, 0.4) is 0 Å². The van der Waals surface area contributed by atoms with E-state index in [1.54, 1.807) is 0 Å². The monoisotopic (exact) mass is 218 g/mol. The molecule has 0 N–H and O–H groups in total. The zero-order valence-electron chi connectivity index (χ0n) is 7.72. The summed E-state index contributed by atoms with van der Waals surface area (Å²) < 4.78 is 7.12. The number of benzene rings is 1. The molecule has 4 heteroatoms. The largest absolute Gasteiger partial charge is 0.425 e. The Kier molecular flexibility index (Phi) is 1.79. The third-order valence-electron chi connectivity index (χ3n) is 2.33. The third-order valence-corrected chi connectivity index (χ3v) is 2.58. The third kappa shape index (κ3) is 1.24. The number of para-hydroxylation sites is 1. The van der Waals surface area contributed by atoms with Crippen molar-refractivity contribution < 1.29 is 4.42 Å². The average Bonchev–Trinajstić information content (AvgIpc) is 2.83. The predicted octanol–water partition coefficient (Wildman–Crippen LogP) is 3.27. The minimum Gasteiger partial charge on any atom is -0.425 e. The van der Waals surface area contributed by atoms with Crippen LogP contribution in [0.25, 0.3) is 16.8 Å². The lowest BCUT2D eigenvalue weighted by atomic mass is 10.2. The second-order valence-corrected chi connectivity index (χ2v) is 3.55. The van der Waals surface area contributed by atoms with Gasteiger partial charge in [-0.05, 0) is 12.1 Å². The molecule has 0 saturated heterocycles. The van der Waals surface area contributed by atoms with Gasteiger partial charge in [-0.15, -0.1) is 0 Å². The van der Waals surface area contributed by atoms with Crippen LogP contribution < -0.4 is 0 Å². The van der Waals surface area contributed by atoms with Crippen LogP contribution in [0.1, 0.15) is 0 Å². The lowest BCUT2D eigenvalue weighted by Crippen LogP contribution is -1.89. The Labute approximate surface area is 90.9 Å². The molecule has 0 saturated carbocycles. The Hall–Kier alpha value is -1.74. The van der Waals surface area contributed by atoms with E-state index in [9.17, 15) is 0 Å². The first-order chi connectivity index (χ1) is 7.36. The molecule has 0 aliphatic carbocycles. The Morgan fingerprint density at radius 3 is 2.87 bits per heavy atom. The summed E-state index contributed by atoms with van der Waals surface area (Å²) in [7, 11) is 0. The van der Waals surface area contributed by atoms with Crippen molar-refractivity contribution in [3.8, 4) is 5.88 Å². The van der Waals surface area contributed by atoms with Gasteiger partial charge in [0.25, 0.3) is 0 Å². The molecule has 0 atom stereocenters. The molecule has 0 unspecified atom stereocenters. The zero-order valence-corrected chi connectivity index (χ0v) is 8.48. The summed E-state index contributed by atoms with van der Waals surface area (Å²) in [6.45, 7) is 0. The highest BCUT2D eigenvalue weighted by molar-refractivity contribution is 6.30. The Morgan fingerprint density at radius 1 is 1.20 bits per heavy atom. The molecule has 15 heavy (non-hydrogen) atoms. The SMILES string of the molecule is Clc1ncoc1-n1ccc2ccccc21. The molecule has 3 aromatic rings. The van der Waals surface area contributed by atoms with E-state index in [0.717, 1.165) is 10.9 Å². The van der Waals surface area contributed by atoms with E-state index >= 15 is 0 Å². The molecule has 0 aliphatic heterocycles. The van der Waals surface area contributed by atoms with Gasteiger partial charge >= 0.3 is 0 Å². The summed E-state index contributed by atoms with van der Waals surface area (Å²) in [5.74, 6) is 0.554. The molecule has 0 amide bonds. The molecule has 3 nitrogen and oxygen atoms in total. The highest BCUT2D eigenvalue weighted by atomic mass is 35.5. The number of halogens is 1. The van der Waals surface area contributed by atoms with Crippen molar-refractivity contribution in [1.82, 2.24) is 9.55 Å². The molecule has 74 valence electrons. The quantitative estimate of drug-likeness (QED) is 0.628. The molecule has 1 aromatic carbocycles. The predicted molar refractivity (Wildman–Crippen MR) is 58.3 cm³/mol. The first kappa shape index (κ1) is 8.56. The summed E-state index contributed by atoms with van der Waals surface area (Å²) in [4.78, 5) is 3.86. The summed E-state index contributed by atoms with van der Waals surface area (Å²) in [6.07, 6.45) is 3.25. The van der Waals surface area contributed by atoms with Crippen molar-refractivity contribution in [1.29, 1.82) is 0 Å². The molecule has 3 rings (SSSR count). The molecule has 2 heterocycles. The van der Waals surface area contributed by atoms with Crippen LogP contribution >= 0.6 is 11.6 Å². The maximum Gasteiger partial charge on any atom is 0.243 e. The first-order valence-electron chi connectivity index (χ1n) is 4.52. The van der Waals surface area contributed by atoms with Gasteiger partial charge in [0.15, 0.2) is 11.5 Å². The summed E-state index contributed by atoms with van der Waals surface area (Å²) >= 11 is 5.91. The van der Waals surface area contributed by atoms with Crippen molar-refractivity contribution in [2.75, 3.05) is 0 Å². The lowest BCUT2D eigenvalue weighted by molar-refractivity contribution is 0.535. The molecular formula is C11H7ClN2O. The number of aromatic nitrogens is 2. The molecule has 0 aliphatic rings. The molecular weight excluding hydrogens is 212 g/mol. The van der Waals surface area contributed by atoms with Gasteiger partial charge in [0.2, 0.25) is 5.88 Å². The van der Waals surface area contributed by atoms with Crippen molar-refractivity contribution in [2.24, 2.45) is 0 Å². The van der Waals surface area contributed by atoms with Crippen LogP contribution in [-0.4, -0.2) is 9.55 Å². The Balaban J connectivity index is 2.32. The number of oxazole rings is 1. The second-order valence-electron chi connectivity index (χ2n) is 3.19. The summed E-state index contributed by atoms with van der Waals surface area (Å²) in [6, 6.07) is 10.0. The van der Waals surface area contributed by atoms with Gasteiger partial charge in [-0.1, -0.05) is 29.8 Å². The van der Waals surface area contributed by atoms with E-state index in [2.05, 4.69) is 4.98 Å². The molecule has 2 aromatic heterocycles. The van der Waals surface area contributed by atoms with Gasteiger partial charge in [-0.3, -0.25) is 4.57 Å². The highest BCUT2D eigenvalue weighted by Gasteiger charge is 2.09. The van der Waals surface area contributed by atoms with Gasteiger partial charge in [0.05, 0.1) is 5.52 Å². The van der Waals surface area contributed by atoms with Crippen molar-refractivity contribution in [3.63, 3.8) is 0 Å². The molecule has 0 fully saturated rings. The Morgan fingerprint density at radius 2 is 2.07 bits per heavy atom. The van der Waals surface area contributed by atoms with Gasteiger partial charge in [-0.2, -0.15) is 0 Å². The van der Waals surface area contributed by atoms with Crippen LogP contribution in [0, 0.1) is 0 Å². The van der Waals surface area contributed by atoms with Crippen molar-refractivity contribution >= 4 is 22.5 Å². The number of rotatable bonds is 1. The van der Waals surface area contributed by atoms with Crippen LogP contribution in [0.4, 0.5) is 0 Å². The standard InChI is InChI=1S/C11H7ClN2O/c12-10-11(15-7-13-10)14-6-5-8-3-1-2-4-9(8)14/h1-7H. The van der Waals surface area contributed by atoms with E-state index in [1.807, 2.05) is 41.1 Å². The summed E-state index contributed by atoms with van der Waals surface area (Å²) in [5.41, 5.74) is 1.05. The minimum atomic E-state index is 0.372. The molecule has 0 spiro atoms. The van der Waals surface area contributed by atoms with Crippen LogP contribution in [0.5, 0.6) is 0 Å². The number of hydrogen-bond acceptors (Lipinski definition) is 2. The van der Waals surface area contributed by atoms with E-state index in [0.29, 0.717) is 11.0 Å². The van der Waals surface area contributed by atoms with Gasteiger partial charge < -0.3 is 4.42 Å². The maximum atomic E-state index is 5.91. The van der Waals surface area contributed by atoms with Gasteiger partial charge in [0, 0.05) is 11.6 Å². The van der Waals surface area contributed by atoms with E-state index < -0.39 is 0 Å². The van der Waals surface area contributed by atoms with Crippen LogP contribution in [0.15, 0.2) is 47.3 Å². The first-order valence-corrected chi connectivity index (χ1v) is 4.89. The van der Waals surface area contributed by atoms with Crippen molar-refractivity contribution in [3.05, 3.63) is 48.1 Å².